The zero-order valence-electron chi connectivity index (χ0n) is 11.2. The second-order valence-electron chi connectivity index (χ2n) is 4.36. The van der Waals surface area contributed by atoms with Gasteiger partial charge in [0.25, 0.3) is 0 Å². The van der Waals surface area contributed by atoms with Crippen LogP contribution in [-0.4, -0.2) is 23.2 Å². The molecule has 2 rings (SSSR count). The highest BCUT2D eigenvalue weighted by molar-refractivity contribution is 7.12. The second-order valence-corrected chi connectivity index (χ2v) is 6.37. The first-order valence-electron chi connectivity index (χ1n) is 6.39. The van der Waals surface area contributed by atoms with Crippen LogP contribution >= 0.6 is 22.7 Å². The number of aromatic nitrogens is 1. The molecule has 20 heavy (non-hydrogen) atoms. The smallest absolute Gasteiger partial charge is 0.220 e. The molecule has 6 heteroatoms. The largest absolute Gasteiger partial charge is 0.356 e. The molecule has 1 amide bonds. The van der Waals surface area contributed by atoms with E-state index in [9.17, 15) is 9.59 Å². The molecule has 1 N–H and O–H groups in total. The molecule has 2 aromatic rings. The fraction of sp³-hybridized carbons (Fsp3) is 0.357. The SMILES string of the molecule is Cc1nc(CCNC(=O)CCC(=O)c2cccs2)cs1. The first-order chi connectivity index (χ1) is 9.65. The molecule has 2 heterocycles. The van der Waals surface area contributed by atoms with Crippen LogP contribution in [0.3, 0.4) is 0 Å². The number of nitrogens with zero attached hydrogens (tertiary/aromatic N) is 1. The van der Waals surface area contributed by atoms with Crippen LogP contribution < -0.4 is 5.32 Å². The minimum absolute atomic E-state index is 0.0327. The van der Waals surface area contributed by atoms with Crippen LogP contribution in [0.5, 0.6) is 0 Å². The average molecular weight is 308 g/mol. The summed E-state index contributed by atoms with van der Waals surface area (Å²) < 4.78 is 0. The van der Waals surface area contributed by atoms with E-state index in [1.54, 1.807) is 17.4 Å². The standard InChI is InChI=1S/C14H16N2O2S2/c1-10-16-11(9-20-10)6-7-15-14(18)5-4-12(17)13-3-2-8-19-13/h2-3,8-9H,4-7H2,1H3,(H,15,18). The molecule has 0 aromatic carbocycles. The van der Waals surface area contributed by atoms with E-state index in [2.05, 4.69) is 10.3 Å². The van der Waals surface area contributed by atoms with Crippen LogP contribution in [-0.2, 0) is 11.2 Å². The minimum atomic E-state index is -0.0816. The molecule has 2 aromatic heterocycles. The molecule has 0 fully saturated rings. The van der Waals surface area contributed by atoms with Crippen LogP contribution in [0, 0.1) is 6.92 Å². The topological polar surface area (TPSA) is 59.1 Å². The number of hydrogen-bond donors (Lipinski definition) is 1. The van der Waals surface area contributed by atoms with Crippen LogP contribution in [0.25, 0.3) is 0 Å². The Hall–Kier alpha value is -1.53. The lowest BCUT2D eigenvalue weighted by Crippen LogP contribution is -2.26. The fourth-order valence-electron chi connectivity index (χ4n) is 1.73. The molecule has 0 radical (unpaired) electrons. The molecule has 0 spiro atoms. The van der Waals surface area contributed by atoms with Crippen molar-refractivity contribution in [2.24, 2.45) is 0 Å². The minimum Gasteiger partial charge on any atom is -0.356 e. The summed E-state index contributed by atoms with van der Waals surface area (Å²) in [5.74, 6) is -0.0490. The van der Waals surface area contributed by atoms with Crippen LogP contribution in [0.1, 0.15) is 33.2 Å². The lowest BCUT2D eigenvalue weighted by atomic mass is 10.2. The zero-order valence-corrected chi connectivity index (χ0v) is 12.9. The van der Waals surface area contributed by atoms with Gasteiger partial charge in [0.2, 0.25) is 5.91 Å². The van der Waals surface area contributed by atoms with Gasteiger partial charge in [-0.25, -0.2) is 4.98 Å². The van der Waals surface area contributed by atoms with Crippen molar-refractivity contribution in [1.29, 1.82) is 0 Å². The van der Waals surface area contributed by atoms with E-state index in [1.807, 2.05) is 23.8 Å². The molecule has 0 bridgehead atoms. The maximum absolute atomic E-state index is 11.7. The maximum atomic E-state index is 11.7. The number of Topliss-reactive ketones (excluding diaryl/α,β-unsaturated/α-hetero) is 1. The van der Waals surface area contributed by atoms with Crippen molar-refractivity contribution < 1.29 is 9.59 Å². The van der Waals surface area contributed by atoms with Crippen molar-refractivity contribution >= 4 is 34.4 Å². The summed E-state index contributed by atoms with van der Waals surface area (Å²) >= 11 is 3.02. The predicted octanol–water partition coefficient (Wildman–Crippen LogP) is 2.83. The highest BCUT2D eigenvalue weighted by atomic mass is 32.1. The van der Waals surface area contributed by atoms with Crippen LogP contribution in [0.15, 0.2) is 22.9 Å². The van der Waals surface area contributed by atoms with Gasteiger partial charge in [0.05, 0.1) is 15.6 Å². The van der Waals surface area contributed by atoms with Crippen molar-refractivity contribution in [2.75, 3.05) is 6.54 Å². The Morgan fingerprint density at radius 3 is 2.80 bits per heavy atom. The summed E-state index contributed by atoms with van der Waals surface area (Å²) in [6.45, 7) is 2.53. The maximum Gasteiger partial charge on any atom is 0.220 e. The van der Waals surface area contributed by atoms with Crippen molar-refractivity contribution in [1.82, 2.24) is 10.3 Å². The molecular formula is C14H16N2O2S2. The highest BCUT2D eigenvalue weighted by Crippen LogP contribution is 2.12. The van der Waals surface area contributed by atoms with Gasteiger partial charge >= 0.3 is 0 Å². The Balaban J connectivity index is 1.64. The molecule has 0 saturated heterocycles. The quantitative estimate of drug-likeness (QED) is 0.800. The summed E-state index contributed by atoms with van der Waals surface area (Å²) in [7, 11) is 0. The monoisotopic (exact) mass is 308 g/mol. The normalized spacial score (nSPS) is 10.4. The third-order valence-electron chi connectivity index (χ3n) is 2.75. The van der Waals surface area contributed by atoms with Gasteiger partial charge in [-0.3, -0.25) is 9.59 Å². The fourth-order valence-corrected chi connectivity index (χ4v) is 3.07. The number of thiophene rings is 1. The number of rotatable bonds is 7. The summed E-state index contributed by atoms with van der Waals surface area (Å²) in [5.41, 5.74) is 1.00. The van der Waals surface area contributed by atoms with E-state index in [0.717, 1.165) is 22.0 Å². The number of thiazole rings is 1. The van der Waals surface area contributed by atoms with Gasteiger partial charge in [-0.15, -0.1) is 22.7 Å². The van der Waals surface area contributed by atoms with Gasteiger partial charge < -0.3 is 5.32 Å². The number of aryl methyl sites for hydroxylation is 1. The van der Waals surface area contributed by atoms with E-state index >= 15 is 0 Å². The molecular weight excluding hydrogens is 292 g/mol. The first-order valence-corrected chi connectivity index (χ1v) is 8.15. The third-order valence-corrected chi connectivity index (χ3v) is 4.48. The number of hydrogen-bond acceptors (Lipinski definition) is 5. The Kier molecular flexibility index (Phi) is 5.43. The van der Waals surface area contributed by atoms with E-state index in [1.165, 1.54) is 11.3 Å². The van der Waals surface area contributed by atoms with Crippen LogP contribution in [0.4, 0.5) is 0 Å². The average Bonchev–Trinajstić information content (AvgIpc) is 3.07. The van der Waals surface area contributed by atoms with E-state index in [4.69, 9.17) is 0 Å². The number of carbonyl (C=O) groups is 2. The molecule has 0 unspecified atom stereocenters. The number of nitrogens with one attached hydrogen (secondary N) is 1. The zero-order chi connectivity index (χ0) is 14.4. The van der Waals surface area contributed by atoms with Crippen molar-refractivity contribution in [2.45, 2.75) is 26.2 Å². The summed E-state index contributed by atoms with van der Waals surface area (Å²) in [4.78, 5) is 28.4. The van der Waals surface area contributed by atoms with Gasteiger partial charge in [0, 0.05) is 31.2 Å². The Morgan fingerprint density at radius 1 is 1.30 bits per heavy atom. The first kappa shape index (κ1) is 14.9. The summed E-state index contributed by atoms with van der Waals surface area (Å²) in [6, 6.07) is 3.63. The van der Waals surface area contributed by atoms with Gasteiger partial charge in [-0.05, 0) is 18.4 Å². The van der Waals surface area contributed by atoms with Gasteiger partial charge in [-0.1, -0.05) is 6.07 Å². The van der Waals surface area contributed by atoms with Gasteiger partial charge in [0.15, 0.2) is 5.78 Å². The number of ketones is 1. The Morgan fingerprint density at radius 2 is 2.15 bits per heavy atom. The molecule has 0 atom stereocenters. The Labute approximate surface area is 125 Å². The number of carbonyl (C=O) groups excluding carboxylic acids is 2. The highest BCUT2D eigenvalue weighted by Gasteiger charge is 2.09. The molecule has 0 aliphatic carbocycles. The lowest BCUT2D eigenvalue weighted by Gasteiger charge is -2.03. The van der Waals surface area contributed by atoms with E-state index < -0.39 is 0 Å². The summed E-state index contributed by atoms with van der Waals surface area (Å²) in [5, 5.41) is 7.72. The molecule has 106 valence electrons. The molecule has 4 nitrogen and oxygen atoms in total. The molecule has 0 aliphatic rings. The van der Waals surface area contributed by atoms with Gasteiger partial charge in [0.1, 0.15) is 0 Å². The molecule has 0 saturated carbocycles. The van der Waals surface area contributed by atoms with Crippen molar-refractivity contribution in [3.05, 3.63) is 38.5 Å². The van der Waals surface area contributed by atoms with E-state index in [-0.39, 0.29) is 24.5 Å². The predicted molar refractivity (Wildman–Crippen MR) is 81.4 cm³/mol. The number of amides is 1. The van der Waals surface area contributed by atoms with Crippen molar-refractivity contribution in [3.63, 3.8) is 0 Å². The summed E-state index contributed by atoms with van der Waals surface area (Å²) in [6.07, 6.45) is 1.24. The van der Waals surface area contributed by atoms with Crippen molar-refractivity contribution in [3.8, 4) is 0 Å². The lowest BCUT2D eigenvalue weighted by molar-refractivity contribution is -0.121. The second kappa shape index (κ2) is 7.31. The molecule has 0 aliphatic heterocycles. The van der Waals surface area contributed by atoms with Gasteiger partial charge in [-0.2, -0.15) is 0 Å². The van der Waals surface area contributed by atoms with E-state index in [0.29, 0.717) is 6.54 Å². The Bertz CT molecular complexity index is 576. The third kappa shape index (κ3) is 4.54. The van der Waals surface area contributed by atoms with Crippen LogP contribution in [0.2, 0.25) is 0 Å².